The Morgan fingerprint density at radius 1 is 1.26 bits per heavy atom. The summed E-state index contributed by atoms with van der Waals surface area (Å²) in [6, 6.07) is 7.84. The van der Waals surface area contributed by atoms with Crippen LogP contribution in [0.15, 0.2) is 36.8 Å². The summed E-state index contributed by atoms with van der Waals surface area (Å²) >= 11 is 0. The number of benzene rings is 1. The maximum absolute atomic E-state index is 11.3. The molecule has 1 amide bonds. The Kier molecular flexibility index (Phi) is 4.41. The van der Waals surface area contributed by atoms with E-state index in [0.29, 0.717) is 0 Å². The smallest absolute Gasteiger partial charge is 0.220 e. The predicted octanol–water partition coefficient (Wildman–Crippen LogP) is 1.85. The molecule has 0 atom stereocenters. The van der Waals surface area contributed by atoms with Crippen molar-refractivity contribution in [3.05, 3.63) is 36.8 Å². The highest BCUT2D eigenvalue weighted by molar-refractivity contribution is 5.78. The van der Waals surface area contributed by atoms with Crippen LogP contribution in [0.25, 0.3) is 11.1 Å². The van der Waals surface area contributed by atoms with E-state index < -0.39 is 0 Å². The summed E-state index contributed by atoms with van der Waals surface area (Å²) in [7, 11) is 1.65. The maximum atomic E-state index is 11.3. The van der Waals surface area contributed by atoms with Gasteiger partial charge in [0.2, 0.25) is 5.91 Å². The molecule has 0 radical (unpaired) electrons. The average molecular weight is 312 g/mol. The standard InChI is InChI=1S/C17H20N4O2/c1-23-14-4-2-12(3-5-14)15-10-19-11-20-17(15)21-8-6-13(7-9-21)16(18)22/h2-5,10-11,13H,6-9H2,1H3,(H2,18,22). The molecule has 6 heteroatoms. The van der Waals surface area contributed by atoms with Crippen molar-refractivity contribution < 1.29 is 9.53 Å². The fraction of sp³-hybridized carbons (Fsp3) is 0.353. The molecule has 0 spiro atoms. The first kappa shape index (κ1) is 15.3. The molecule has 3 rings (SSSR count). The zero-order valence-corrected chi connectivity index (χ0v) is 13.1. The number of hydrogen-bond donors (Lipinski definition) is 1. The van der Waals surface area contributed by atoms with Crippen LogP contribution in [0, 0.1) is 5.92 Å². The van der Waals surface area contributed by atoms with Gasteiger partial charge in [-0.05, 0) is 30.5 Å². The third-order valence-corrected chi connectivity index (χ3v) is 4.29. The number of carbonyl (C=O) groups excluding carboxylic acids is 1. The number of piperidine rings is 1. The van der Waals surface area contributed by atoms with Crippen LogP contribution in [-0.4, -0.2) is 36.1 Å². The number of aromatic nitrogens is 2. The van der Waals surface area contributed by atoms with Crippen molar-refractivity contribution in [3.8, 4) is 16.9 Å². The van der Waals surface area contributed by atoms with E-state index in [1.807, 2.05) is 30.5 Å². The molecule has 1 saturated heterocycles. The molecule has 1 fully saturated rings. The zero-order chi connectivity index (χ0) is 16.2. The molecule has 0 saturated carbocycles. The third-order valence-electron chi connectivity index (χ3n) is 4.29. The molecule has 1 aromatic heterocycles. The van der Waals surface area contributed by atoms with E-state index in [1.165, 1.54) is 0 Å². The van der Waals surface area contributed by atoms with Gasteiger partial charge in [-0.15, -0.1) is 0 Å². The minimum atomic E-state index is -0.206. The van der Waals surface area contributed by atoms with Crippen molar-refractivity contribution in [2.75, 3.05) is 25.1 Å². The van der Waals surface area contributed by atoms with Crippen molar-refractivity contribution in [3.63, 3.8) is 0 Å². The Balaban J connectivity index is 1.85. The van der Waals surface area contributed by atoms with Crippen molar-refractivity contribution in [1.29, 1.82) is 0 Å². The first-order chi connectivity index (χ1) is 11.2. The highest BCUT2D eigenvalue weighted by Gasteiger charge is 2.25. The number of hydrogen-bond acceptors (Lipinski definition) is 5. The lowest BCUT2D eigenvalue weighted by Gasteiger charge is -2.32. The molecule has 1 aliphatic rings. The number of methoxy groups -OCH3 is 1. The third kappa shape index (κ3) is 3.26. The minimum Gasteiger partial charge on any atom is -0.497 e. The van der Waals surface area contributed by atoms with Crippen molar-refractivity contribution in [2.45, 2.75) is 12.8 Å². The normalized spacial score (nSPS) is 15.4. The van der Waals surface area contributed by atoms with Crippen LogP contribution in [0.2, 0.25) is 0 Å². The summed E-state index contributed by atoms with van der Waals surface area (Å²) in [6.07, 6.45) is 4.91. The van der Waals surface area contributed by atoms with Gasteiger partial charge in [-0.2, -0.15) is 0 Å². The summed E-state index contributed by atoms with van der Waals surface area (Å²) < 4.78 is 5.20. The number of amides is 1. The summed E-state index contributed by atoms with van der Waals surface area (Å²) in [4.78, 5) is 22.1. The second-order valence-electron chi connectivity index (χ2n) is 5.65. The molecular weight excluding hydrogens is 292 g/mol. The van der Waals surface area contributed by atoms with Crippen LogP contribution in [0.4, 0.5) is 5.82 Å². The number of carbonyl (C=O) groups is 1. The monoisotopic (exact) mass is 312 g/mol. The molecule has 120 valence electrons. The van der Waals surface area contributed by atoms with Gasteiger partial charge in [0.1, 0.15) is 17.9 Å². The van der Waals surface area contributed by atoms with Crippen LogP contribution in [0.1, 0.15) is 12.8 Å². The summed E-state index contributed by atoms with van der Waals surface area (Å²) in [5.41, 5.74) is 7.42. The first-order valence-electron chi connectivity index (χ1n) is 7.67. The van der Waals surface area contributed by atoms with Crippen LogP contribution >= 0.6 is 0 Å². The van der Waals surface area contributed by atoms with Gasteiger partial charge in [0.05, 0.1) is 7.11 Å². The fourth-order valence-corrected chi connectivity index (χ4v) is 2.93. The molecule has 2 aromatic rings. The fourth-order valence-electron chi connectivity index (χ4n) is 2.93. The van der Waals surface area contributed by atoms with Crippen LogP contribution in [0.5, 0.6) is 5.75 Å². The molecule has 23 heavy (non-hydrogen) atoms. The molecule has 6 nitrogen and oxygen atoms in total. The molecule has 2 heterocycles. The molecule has 2 N–H and O–H groups in total. The van der Waals surface area contributed by atoms with Crippen molar-refractivity contribution >= 4 is 11.7 Å². The minimum absolute atomic E-state index is 0.0301. The zero-order valence-electron chi connectivity index (χ0n) is 13.1. The molecule has 0 aliphatic carbocycles. The largest absolute Gasteiger partial charge is 0.497 e. The van der Waals surface area contributed by atoms with Gasteiger partial charge >= 0.3 is 0 Å². The van der Waals surface area contributed by atoms with Crippen LogP contribution in [0.3, 0.4) is 0 Å². The van der Waals surface area contributed by atoms with Crippen LogP contribution in [-0.2, 0) is 4.79 Å². The summed E-state index contributed by atoms with van der Waals surface area (Å²) in [5, 5.41) is 0. The molecule has 1 aliphatic heterocycles. The van der Waals surface area contributed by atoms with Gasteiger partial charge < -0.3 is 15.4 Å². The van der Waals surface area contributed by atoms with E-state index in [-0.39, 0.29) is 11.8 Å². The van der Waals surface area contributed by atoms with Crippen molar-refractivity contribution in [2.24, 2.45) is 11.7 Å². The number of anilines is 1. The lowest BCUT2D eigenvalue weighted by Crippen LogP contribution is -2.39. The topological polar surface area (TPSA) is 81.3 Å². The first-order valence-corrected chi connectivity index (χ1v) is 7.67. The highest BCUT2D eigenvalue weighted by atomic mass is 16.5. The predicted molar refractivity (Wildman–Crippen MR) is 88.2 cm³/mol. The van der Waals surface area contributed by atoms with Gasteiger partial charge in [-0.1, -0.05) is 12.1 Å². The summed E-state index contributed by atoms with van der Waals surface area (Å²) in [6.45, 7) is 1.54. The van der Waals surface area contributed by atoms with E-state index in [4.69, 9.17) is 10.5 Å². The Hall–Kier alpha value is -2.63. The van der Waals surface area contributed by atoms with Gasteiger partial charge in [-0.25, -0.2) is 9.97 Å². The Morgan fingerprint density at radius 2 is 1.96 bits per heavy atom. The Labute approximate surface area is 135 Å². The Bertz CT molecular complexity index is 679. The average Bonchev–Trinajstić information content (AvgIpc) is 2.62. The number of nitrogens with two attached hydrogens (primary N) is 1. The maximum Gasteiger partial charge on any atom is 0.220 e. The lowest BCUT2D eigenvalue weighted by atomic mass is 9.96. The van der Waals surface area contributed by atoms with Gasteiger partial charge in [0, 0.05) is 30.8 Å². The molecule has 0 unspecified atom stereocenters. The number of nitrogens with zero attached hydrogens (tertiary/aromatic N) is 3. The van der Waals surface area contributed by atoms with Crippen molar-refractivity contribution in [1.82, 2.24) is 9.97 Å². The lowest BCUT2D eigenvalue weighted by molar-refractivity contribution is -0.122. The quantitative estimate of drug-likeness (QED) is 0.932. The molecule has 1 aromatic carbocycles. The van der Waals surface area contributed by atoms with E-state index in [9.17, 15) is 4.79 Å². The second kappa shape index (κ2) is 6.64. The SMILES string of the molecule is COc1ccc(-c2cncnc2N2CCC(C(N)=O)CC2)cc1. The van der Waals surface area contributed by atoms with E-state index in [1.54, 1.807) is 13.4 Å². The highest BCUT2D eigenvalue weighted by Crippen LogP contribution is 2.31. The van der Waals surface area contributed by atoms with Gasteiger partial charge in [0.15, 0.2) is 0 Å². The van der Waals surface area contributed by atoms with E-state index in [2.05, 4.69) is 14.9 Å². The van der Waals surface area contributed by atoms with Gasteiger partial charge in [-0.3, -0.25) is 4.79 Å². The van der Waals surface area contributed by atoms with E-state index in [0.717, 1.165) is 48.6 Å². The van der Waals surface area contributed by atoms with E-state index >= 15 is 0 Å². The number of ether oxygens (including phenoxy) is 1. The number of rotatable bonds is 4. The second-order valence-corrected chi connectivity index (χ2v) is 5.65. The summed E-state index contributed by atoms with van der Waals surface area (Å²) in [5.74, 6) is 1.47. The molecule has 0 bridgehead atoms. The Morgan fingerprint density at radius 3 is 2.57 bits per heavy atom. The molecular formula is C17H20N4O2. The van der Waals surface area contributed by atoms with Gasteiger partial charge in [0.25, 0.3) is 0 Å². The van der Waals surface area contributed by atoms with Crippen LogP contribution < -0.4 is 15.4 Å². The number of primary amides is 1.